The van der Waals surface area contributed by atoms with Crippen molar-refractivity contribution in [3.63, 3.8) is 0 Å². The number of furan rings is 1. The van der Waals surface area contributed by atoms with Gasteiger partial charge >= 0.3 is 0 Å². The molecule has 0 aromatic carbocycles. The standard InChI is InChI=1S/C15H26N2O2/c1-12(2)16-8-13-7-14(18-10-13)9-17-5-6-19-15(3,4)11-17/h7,10,12,16H,5-6,8-9,11H2,1-4H3. The summed E-state index contributed by atoms with van der Waals surface area (Å²) in [6.07, 6.45) is 1.86. The second-order valence-electron chi connectivity index (χ2n) is 6.28. The third-order valence-corrected chi connectivity index (χ3v) is 3.31. The Kier molecular flexibility index (Phi) is 4.66. The fourth-order valence-electron chi connectivity index (χ4n) is 2.39. The minimum atomic E-state index is -0.0487. The number of ether oxygens (including phenoxy) is 1. The van der Waals surface area contributed by atoms with Crippen LogP contribution in [0.4, 0.5) is 0 Å². The van der Waals surface area contributed by atoms with Crippen molar-refractivity contribution in [3.05, 3.63) is 23.7 Å². The molecule has 0 unspecified atom stereocenters. The summed E-state index contributed by atoms with van der Waals surface area (Å²) in [6.45, 7) is 13.0. The fourth-order valence-corrected chi connectivity index (χ4v) is 2.39. The zero-order valence-electron chi connectivity index (χ0n) is 12.5. The molecule has 2 rings (SSSR count). The van der Waals surface area contributed by atoms with Gasteiger partial charge in [0.25, 0.3) is 0 Å². The van der Waals surface area contributed by atoms with E-state index >= 15 is 0 Å². The molecular weight excluding hydrogens is 240 g/mol. The molecule has 1 fully saturated rings. The molecule has 1 aliphatic rings. The van der Waals surface area contributed by atoms with Crippen molar-refractivity contribution in [1.29, 1.82) is 0 Å². The molecule has 2 heterocycles. The molecular formula is C15H26N2O2. The van der Waals surface area contributed by atoms with E-state index in [0.29, 0.717) is 6.04 Å². The molecule has 0 saturated carbocycles. The van der Waals surface area contributed by atoms with Gasteiger partial charge in [0.2, 0.25) is 0 Å². The molecule has 1 aromatic rings. The summed E-state index contributed by atoms with van der Waals surface area (Å²) >= 11 is 0. The number of rotatable bonds is 5. The quantitative estimate of drug-likeness (QED) is 0.888. The Labute approximate surface area is 116 Å². The van der Waals surface area contributed by atoms with Crippen molar-refractivity contribution in [2.24, 2.45) is 0 Å². The lowest BCUT2D eigenvalue weighted by atomic mass is 10.1. The molecule has 0 radical (unpaired) electrons. The maximum atomic E-state index is 5.72. The first-order chi connectivity index (χ1) is 8.94. The SMILES string of the molecule is CC(C)NCc1coc(CN2CCOC(C)(C)C2)c1. The Morgan fingerprint density at radius 1 is 1.42 bits per heavy atom. The van der Waals surface area contributed by atoms with E-state index in [-0.39, 0.29) is 5.60 Å². The maximum Gasteiger partial charge on any atom is 0.118 e. The molecule has 4 nitrogen and oxygen atoms in total. The van der Waals surface area contributed by atoms with Crippen LogP contribution in [-0.2, 0) is 17.8 Å². The molecule has 4 heteroatoms. The van der Waals surface area contributed by atoms with Gasteiger partial charge in [-0.25, -0.2) is 0 Å². The molecule has 0 amide bonds. The van der Waals surface area contributed by atoms with Gasteiger partial charge in [-0.05, 0) is 19.9 Å². The molecule has 0 aliphatic carbocycles. The van der Waals surface area contributed by atoms with E-state index in [1.54, 1.807) is 0 Å². The monoisotopic (exact) mass is 266 g/mol. The molecule has 0 atom stereocenters. The number of nitrogens with zero attached hydrogens (tertiary/aromatic N) is 1. The van der Waals surface area contributed by atoms with Crippen LogP contribution in [0.1, 0.15) is 39.0 Å². The average Bonchev–Trinajstić information content (AvgIpc) is 2.73. The summed E-state index contributed by atoms with van der Waals surface area (Å²) < 4.78 is 11.4. The molecule has 108 valence electrons. The van der Waals surface area contributed by atoms with Crippen LogP contribution in [0.15, 0.2) is 16.7 Å². The molecule has 0 bridgehead atoms. The Hall–Kier alpha value is -0.840. The second-order valence-corrected chi connectivity index (χ2v) is 6.28. The lowest BCUT2D eigenvalue weighted by Crippen LogP contribution is -2.47. The second kappa shape index (κ2) is 6.07. The third-order valence-electron chi connectivity index (χ3n) is 3.31. The number of nitrogens with one attached hydrogen (secondary N) is 1. The van der Waals surface area contributed by atoms with Crippen LogP contribution in [0.2, 0.25) is 0 Å². The highest BCUT2D eigenvalue weighted by Crippen LogP contribution is 2.19. The van der Waals surface area contributed by atoms with Crippen molar-refractivity contribution in [2.75, 3.05) is 19.7 Å². The van der Waals surface area contributed by atoms with Gasteiger partial charge in [-0.1, -0.05) is 13.8 Å². The van der Waals surface area contributed by atoms with Crippen molar-refractivity contribution in [2.45, 2.75) is 52.4 Å². The molecule has 1 N–H and O–H groups in total. The van der Waals surface area contributed by atoms with E-state index in [4.69, 9.17) is 9.15 Å². The Morgan fingerprint density at radius 3 is 2.89 bits per heavy atom. The predicted molar refractivity (Wildman–Crippen MR) is 76.0 cm³/mol. The first-order valence-corrected chi connectivity index (χ1v) is 7.10. The first-order valence-electron chi connectivity index (χ1n) is 7.10. The molecule has 0 spiro atoms. The largest absolute Gasteiger partial charge is 0.468 e. The van der Waals surface area contributed by atoms with Crippen LogP contribution in [0.25, 0.3) is 0 Å². The summed E-state index contributed by atoms with van der Waals surface area (Å²) in [7, 11) is 0. The van der Waals surface area contributed by atoms with E-state index in [9.17, 15) is 0 Å². The highest BCUT2D eigenvalue weighted by Gasteiger charge is 2.27. The van der Waals surface area contributed by atoms with E-state index in [2.05, 4.69) is 44.0 Å². The topological polar surface area (TPSA) is 37.6 Å². The number of hydrogen-bond acceptors (Lipinski definition) is 4. The van der Waals surface area contributed by atoms with Gasteiger partial charge in [-0.2, -0.15) is 0 Å². The van der Waals surface area contributed by atoms with Crippen molar-refractivity contribution in [3.8, 4) is 0 Å². The third kappa shape index (κ3) is 4.64. The number of morpholine rings is 1. The van der Waals surface area contributed by atoms with Gasteiger partial charge in [-0.15, -0.1) is 0 Å². The summed E-state index contributed by atoms with van der Waals surface area (Å²) in [4.78, 5) is 2.39. The minimum Gasteiger partial charge on any atom is -0.468 e. The predicted octanol–water partition coefficient (Wildman–Crippen LogP) is 2.39. The van der Waals surface area contributed by atoms with E-state index in [0.717, 1.165) is 38.5 Å². The lowest BCUT2D eigenvalue weighted by molar-refractivity contribution is -0.0894. The first kappa shape index (κ1) is 14.6. The van der Waals surface area contributed by atoms with E-state index in [1.807, 2.05) is 6.26 Å². The maximum absolute atomic E-state index is 5.72. The Morgan fingerprint density at radius 2 is 2.21 bits per heavy atom. The van der Waals surface area contributed by atoms with E-state index in [1.165, 1.54) is 5.56 Å². The van der Waals surface area contributed by atoms with Crippen molar-refractivity contribution < 1.29 is 9.15 Å². The lowest BCUT2D eigenvalue weighted by Gasteiger charge is -2.37. The Bertz CT molecular complexity index is 399. The zero-order chi connectivity index (χ0) is 13.9. The van der Waals surface area contributed by atoms with Crippen molar-refractivity contribution in [1.82, 2.24) is 10.2 Å². The average molecular weight is 266 g/mol. The minimum absolute atomic E-state index is 0.0487. The summed E-state index contributed by atoms with van der Waals surface area (Å²) in [5.41, 5.74) is 1.17. The summed E-state index contributed by atoms with van der Waals surface area (Å²) in [6, 6.07) is 2.65. The van der Waals surface area contributed by atoms with Crippen LogP contribution in [0.3, 0.4) is 0 Å². The van der Waals surface area contributed by atoms with Crippen LogP contribution >= 0.6 is 0 Å². The van der Waals surface area contributed by atoms with Gasteiger partial charge < -0.3 is 14.5 Å². The molecule has 1 aromatic heterocycles. The van der Waals surface area contributed by atoms with Gasteiger partial charge in [0.15, 0.2) is 0 Å². The zero-order valence-corrected chi connectivity index (χ0v) is 12.5. The van der Waals surface area contributed by atoms with Gasteiger partial charge in [0.1, 0.15) is 5.76 Å². The molecule has 1 aliphatic heterocycles. The van der Waals surface area contributed by atoms with Crippen LogP contribution < -0.4 is 5.32 Å². The highest BCUT2D eigenvalue weighted by molar-refractivity contribution is 5.12. The van der Waals surface area contributed by atoms with Crippen LogP contribution in [0.5, 0.6) is 0 Å². The van der Waals surface area contributed by atoms with Gasteiger partial charge in [0.05, 0.1) is 25.0 Å². The van der Waals surface area contributed by atoms with Crippen LogP contribution in [-0.4, -0.2) is 36.2 Å². The van der Waals surface area contributed by atoms with Gasteiger partial charge in [-0.3, -0.25) is 4.90 Å². The van der Waals surface area contributed by atoms with E-state index < -0.39 is 0 Å². The van der Waals surface area contributed by atoms with Crippen molar-refractivity contribution >= 4 is 0 Å². The van der Waals surface area contributed by atoms with Crippen LogP contribution in [0, 0.1) is 0 Å². The normalized spacial score (nSPS) is 20.1. The summed E-state index contributed by atoms with van der Waals surface area (Å²) in [5, 5.41) is 3.40. The molecule has 19 heavy (non-hydrogen) atoms. The fraction of sp³-hybridized carbons (Fsp3) is 0.733. The smallest absolute Gasteiger partial charge is 0.118 e. The molecule has 1 saturated heterocycles. The highest BCUT2D eigenvalue weighted by atomic mass is 16.5. The number of hydrogen-bond donors (Lipinski definition) is 1. The Balaban J connectivity index is 1.85. The summed E-state index contributed by atoms with van der Waals surface area (Å²) in [5.74, 6) is 1.04. The van der Waals surface area contributed by atoms with Gasteiger partial charge in [0, 0.05) is 31.2 Å².